The Hall–Kier alpha value is -2.56. The molecule has 0 unspecified atom stereocenters. The van der Waals surface area contributed by atoms with Crippen molar-refractivity contribution in [1.82, 2.24) is 10.3 Å². The second kappa shape index (κ2) is 7.13. The molecule has 0 bridgehead atoms. The Morgan fingerprint density at radius 1 is 1.08 bits per heavy atom. The minimum atomic E-state index is 0.0197. The number of carbonyl (C=O) groups excluding carboxylic acids is 1. The van der Waals surface area contributed by atoms with E-state index < -0.39 is 0 Å². The highest BCUT2D eigenvalue weighted by molar-refractivity contribution is 6.01. The molecular formula is C20H24N4O. The number of hydrogen-bond donors (Lipinski definition) is 3. The Morgan fingerprint density at radius 2 is 1.88 bits per heavy atom. The highest BCUT2D eigenvalue weighted by Gasteiger charge is 2.19. The van der Waals surface area contributed by atoms with E-state index in [1.165, 1.54) is 19.3 Å². The largest absolute Gasteiger partial charge is 0.380 e. The number of benzene rings is 1. The molecule has 2 aromatic rings. The minimum absolute atomic E-state index is 0.0197. The van der Waals surface area contributed by atoms with Crippen LogP contribution in [0.3, 0.4) is 0 Å². The molecule has 1 saturated carbocycles. The molecule has 2 heterocycles. The predicted octanol–water partition coefficient (Wildman–Crippen LogP) is 3.65. The second-order valence-corrected chi connectivity index (χ2v) is 6.83. The van der Waals surface area contributed by atoms with Crippen LogP contribution in [0, 0.1) is 0 Å². The number of amides is 1. The van der Waals surface area contributed by atoms with E-state index >= 15 is 0 Å². The number of aromatic nitrogens is 1. The van der Waals surface area contributed by atoms with Gasteiger partial charge in [0.05, 0.1) is 5.69 Å². The van der Waals surface area contributed by atoms with Crippen LogP contribution in [0.25, 0.3) is 11.1 Å². The first-order valence-electron chi connectivity index (χ1n) is 9.19. The van der Waals surface area contributed by atoms with Crippen molar-refractivity contribution in [3.05, 3.63) is 42.1 Å². The molecule has 5 nitrogen and oxygen atoms in total. The average molecular weight is 336 g/mol. The molecule has 0 radical (unpaired) electrons. The van der Waals surface area contributed by atoms with Crippen molar-refractivity contribution in [2.75, 3.05) is 23.7 Å². The lowest BCUT2D eigenvalue weighted by molar-refractivity contribution is 0.0928. The molecule has 2 aliphatic rings. The van der Waals surface area contributed by atoms with E-state index in [0.717, 1.165) is 54.1 Å². The van der Waals surface area contributed by atoms with Gasteiger partial charge in [0.25, 0.3) is 5.91 Å². The molecule has 1 aromatic heterocycles. The van der Waals surface area contributed by atoms with Crippen LogP contribution >= 0.6 is 0 Å². The fraction of sp³-hybridized carbons (Fsp3) is 0.400. The topological polar surface area (TPSA) is 66.0 Å². The quantitative estimate of drug-likeness (QED) is 0.800. The van der Waals surface area contributed by atoms with E-state index in [1.807, 2.05) is 30.5 Å². The van der Waals surface area contributed by atoms with E-state index in [4.69, 9.17) is 0 Å². The monoisotopic (exact) mass is 336 g/mol. The zero-order valence-electron chi connectivity index (χ0n) is 14.3. The lowest BCUT2D eigenvalue weighted by atomic mass is 9.94. The van der Waals surface area contributed by atoms with E-state index in [-0.39, 0.29) is 5.91 Å². The van der Waals surface area contributed by atoms with Crippen molar-refractivity contribution in [3.8, 4) is 11.1 Å². The summed E-state index contributed by atoms with van der Waals surface area (Å²) in [6.45, 7) is 1.75. The number of rotatable bonds is 3. The molecule has 1 aliphatic carbocycles. The summed E-state index contributed by atoms with van der Waals surface area (Å²) in [4.78, 5) is 17.3. The van der Waals surface area contributed by atoms with Gasteiger partial charge in [-0.15, -0.1) is 0 Å². The van der Waals surface area contributed by atoms with Crippen LogP contribution in [0.4, 0.5) is 11.5 Å². The van der Waals surface area contributed by atoms with Crippen molar-refractivity contribution in [2.24, 2.45) is 0 Å². The second-order valence-electron chi connectivity index (χ2n) is 6.83. The van der Waals surface area contributed by atoms with Crippen molar-refractivity contribution >= 4 is 17.4 Å². The average Bonchev–Trinajstić information content (AvgIpc) is 2.68. The summed E-state index contributed by atoms with van der Waals surface area (Å²) in [7, 11) is 0. The molecular weight excluding hydrogens is 312 g/mol. The van der Waals surface area contributed by atoms with Crippen molar-refractivity contribution in [3.63, 3.8) is 0 Å². The Morgan fingerprint density at radius 3 is 2.76 bits per heavy atom. The van der Waals surface area contributed by atoms with Gasteiger partial charge in [-0.25, -0.2) is 4.98 Å². The molecule has 25 heavy (non-hydrogen) atoms. The van der Waals surface area contributed by atoms with Gasteiger partial charge in [0.1, 0.15) is 5.82 Å². The van der Waals surface area contributed by atoms with Gasteiger partial charge in [-0.1, -0.05) is 37.5 Å². The smallest absolute Gasteiger partial charge is 0.252 e. The third kappa shape index (κ3) is 3.45. The molecule has 1 amide bonds. The first kappa shape index (κ1) is 15.9. The van der Waals surface area contributed by atoms with E-state index in [9.17, 15) is 4.79 Å². The Labute approximate surface area is 148 Å². The summed E-state index contributed by atoms with van der Waals surface area (Å²) in [5, 5.41) is 9.86. The summed E-state index contributed by atoms with van der Waals surface area (Å²) in [5.41, 5.74) is 3.60. The van der Waals surface area contributed by atoms with Crippen LogP contribution in [0.1, 0.15) is 42.5 Å². The van der Waals surface area contributed by atoms with Crippen LogP contribution in [0.2, 0.25) is 0 Å². The minimum Gasteiger partial charge on any atom is -0.380 e. The van der Waals surface area contributed by atoms with Crippen LogP contribution in [0.5, 0.6) is 0 Å². The van der Waals surface area contributed by atoms with E-state index in [0.29, 0.717) is 6.04 Å². The van der Waals surface area contributed by atoms with Gasteiger partial charge in [0, 0.05) is 36.5 Å². The molecule has 1 fully saturated rings. The molecule has 0 atom stereocenters. The molecule has 5 heteroatoms. The van der Waals surface area contributed by atoms with Gasteiger partial charge in [-0.05, 0) is 30.5 Å². The highest BCUT2D eigenvalue weighted by atomic mass is 16.1. The maximum atomic E-state index is 12.8. The summed E-state index contributed by atoms with van der Waals surface area (Å²) < 4.78 is 0. The highest BCUT2D eigenvalue weighted by Crippen LogP contribution is 2.30. The first-order valence-corrected chi connectivity index (χ1v) is 9.19. The van der Waals surface area contributed by atoms with Crippen molar-refractivity contribution in [1.29, 1.82) is 0 Å². The fourth-order valence-electron chi connectivity index (χ4n) is 3.71. The standard InChI is InChI=1S/C20H24N4O/c25-20(24-15-6-2-1-3-7-15)17-9-5-4-8-16(17)14-12-18-19(23-13-14)22-11-10-21-18/h4-5,8-9,12-13,15,21H,1-3,6-7,10-11H2,(H,22,23)(H,24,25). The summed E-state index contributed by atoms with van der Waals surface area (Å²) in [5.74, 6) is 0.894. The predicted molar refractivity (Wildman–Crippen MR) is 101 cm³/mol. The number of anilines is 2. The van der Waals surface area contributed by atoms with E-state index in [2.05, 4.69) is 27.0 Å². The Kier molecular flexibility index (Phi) is 4.55. The van der Waals surface area contributed by atoms with Crippen LogP contribution in [-0.2, 0) is 0 Å². The summed E-state index contributed by atoms with van der Waals surface area (Å²) in [6, 6.07) is 10.2. The van der Waals surface area contributed by atoms with Crippen LogP contribution in [-0.4, -0.2) is 30.0 Å². The number of hydrogen-bond acceptors (Lipinski definition) is 4. The SMILES string of the molecule is O=C(NC1CCCCC1)c1ccccc1-c1cnc2c(c1)NCCN2. The lowest BCUT2D eigenvalue weighted by Crippen LogP contribution is -2.36. The Bertz CT molecular complexity index is 768. The molecule has 0 spiro atoms. The van der Waals surface area contributed by atoms with Crippen molar-refractivity contribution < 1.29 is 4.79 Å². The van der Waals surface area contributed by atoms with Gasteiger partial charge >= 0.3 is 0 Å². The van der Waals surface area contributed by atoms with Gasteiger partial charge in [0.2, 0.25) is 0 Å². The lowest BCUT2D eigenvalue weighted by Gasteiger charge is -2.23. The van der Waals surface area contributed by atoms with Crippen molar-refractivity contribution in [2.45, 2.75) is 38.1 Å². The number of fused-ring (bicyclic) bond motifs is 1. The number of carbonyl (C=O) groups is 1. The molecule has 1 aliphatic heterocycles. The summed E-state index contributed by atoms with van der Waals surface area (Å²) in [6.07, 6.45) is 7.71. The third-order valence-electron chi connectivity index (χ3n) is 5.04. The number of pyridine rings is 1. The van der Waals surface area contributed by atoms with Gasteiger partial charge in [-0.2, -0.15) is 0 Å². The molecule has 1 aromatic carbocycles. The fourth-order valence-corrected chi connectivity index (χ4v) is 3.71. The van der Waals surface area contributed by atoms with Gasteiger partial charge in [-0.3, -0.25) is 4.79 Å². The number of nitrogens with zero attached hydrogens (tertiary/aromatic N) is 1. The molecule has 0 saturated heterocycles. The summed E-state index contributed by atoms with van der Waals surface area (Å²) >= 11 is 0. The maximum Gasteiger partial charge on any atom is 0.252 e. The van der Waals surface area contributed by atoms with Gasteiger partial charge < -0.3 is 16.0 Å². The van der Waals surface area contributed by atoms with Crippen LogP contribution < -0.4 is 16.0 Å². The molecule has 4 rings (SSSR count). The van der Waals surface area contributed by atoms with E-state index in [1.54, 1.807) is 0 Å². The number of nitrogens with one attached hydrogen (secondary N) is 3. The van der Waals surface area contributed by atoms with Gasteiger partial charge in [0.15, 0.2) is 0 Å². The normalized spacial score (nSPS) is 17.1. The van der Waals surface area contributed by atoms with Crippen LogP contribution in [0.15, 0.2) is 36.5 Å². The zero-order valence-corrected chi connectivity index (χ0v) is 14.3. The zero-order chi connectivity index (χ0) is 17.1. The molecule has 3 N–H and O–H groups in total. The molecule has 130 valence electrons. The first-order chi connectivity index (χ1) is 12.3. The Balaban J connectivity index is 1.61. The maximum absolute atomic E-state index is 12.8. The third-order valence-corrected chi connectivity index (χ3v) is 5.04.